The maximum atomic E-state index is 11.7. The summed E-state index contributed by atoms with van der Waals surface area (Å²) >= 11 is 4.92. The molecule has 1 aromatic carbocycles. The number of rotatable bonds is 4. The highest BCUT2D eigenvalue weighted by Crippen LogP contribution is 2.05. The second-order valence-electron chi connectivity index (χ2n) is 4.45. The van der Waals surface area contributed by atoms with Crippen molar-refractivity contribution in [2.45, 2.75) is 19.0 Å². The smallest absolute Gasteiger partial charge is 0.315 e. The molecule has 1 unspecified atom stereocenters. The Labute approximate surface area is 117 Å². The number of carbonyl (C=O) groups is 1. The Morgan fingerprint density at radius 1 is 1.53 bits per heavy atom. The van der Waals surface area contributed by atoms with Crippen LogP contribution in [0.25, 0.3) is 0 Å². The molecule has 0 radical (unpaired) electrons. The number of ether oxygens (including phenoxy) is 1. The Hall–Kier alpha value is -1.66. The van der Waals surface area contributed by atoms with Crippen LogP contribution in [0.2, 0.25) is 0 Å². The van der Waals surface area contributed by atoms with Crippen LogP contribution in [0.3, 0.4) is 0 Å². The van der Waals surface area contributed by atoms with E-state index in [1.165, 1.54) is 0 Å². The fourth-order valence-electron chi connectivity index (χ4n) is 1.90. The van der Waals surface area contributed by atoms with Gasteiger partial charge in [-0.15, -0.1) is 0 Å². The van der Waals surface area contributed by atoms with Gasteiger partial charge in [0.05, 0.1) is 12.6 Å². The molecule has 4 N–H and O–H groups in total. The van der Waals surface area contributed by atoms with Crippen LogP contribution in [0.5, 0.6) is 0 Å². The van der Waals surface area contributed by atoms with E-state index in [1.54, 1.807) is 0 Å². The summed E-state index contributed by atoms with van der Waals surface area (Å²) in [5.74, 6) is 0. The molecule has 0 aliphatic carbocycles. The average Bonchev–Trinajstić information content (AvgIpc) is 2.89. The number of benzene rings is 1. The van der Waals surface area contributed by atoms with Gasteiger partial charge in [-0.3, -0.25) is 0 Å². The molecule has 0 saturated carbocycles. The Balaban J connectivity index is 1.82. The third-order valence-corrected chi connectivity index (χ3v) is 3.17. The van der Waals surface area contributed by atoms with Gasteiger partial charge in [-0.05, 0) is 18.1 Å². The molecule has 1 aromatic rings. The molecule has 2 rings (SSSR count). The Morgan fingerprint density at radius 3 is 3.05 bits per heavy atom. The molecule has 0 bridgehead atoms. The van der Waals surface area contributed by atoms with E-state index in [2.05, 4.69) is 10.6 Å². The zero-order valence-corrected chi connectivity index (χ0v) is 11.3. The van der Waals surface area contributed by atoms with Gasteiger partial charge in [0.1, 0.15) is 4.99 Å². The largest absolute Gasteiger partial charge is 0.389 e. The Morgan fingerprint density at radius 2 is 2.37 bits per heavy atom. The molecule has 2 amide bonds. The number of amides is 2. The minimum absolute atomic E-state index is 0.114. The maximum absolute atomic E-state index is 11.7. The molecule has 0 spiro atoms. The molecule has 0 aromatic heterocycles. The summed E-state index contributed by atoms with van der Waals surface area (Å²) in [6.07, 6.45) is 0.865. The summed E-state index contributed by atoms with van der Waals surface area (Å²) in [5, 5.41) is 5.66. The van der Waals surface area contributed by atoms with Crippen molar-refractivity contribution in [1.29, 1.82) is 0 Å². The number of hydrogen-bond donors (Lipinski definition) is 3. The van der Waals surface area contributed by atoms with Crippen molar-refractivity contribution in [2.75, 3.05) is 13.2 Å². The first-order valence-electron chi connectivity index (χ1n) is 6.16. The minimum atomic E-state index is -0.184. The molecule has 5 nitrogen and oxygen atoms in total. The van der Waals surface area contributed by atoms with Gasteiger partial charge in [-0.25, -0.2) is 4.79 Å². The molecule has 102 valence electrons. The first-order chi connectivity index (χ1) is 9.15. The number of urea groups is 1. The fourth-order valence-corrected chi connectivity index (χ4v) is 2.03. The van der Waals surface area contributed by atoms with Gasteiger partial charge in [0.2, 0.25) is 0 Å². The summed E-state index contributed by atoms with van der Waals surface area (Å²) in [6.45, 7) is 1.74. The predicted molar refractivity (Wildman–Crippen MR) is 76.9 cm³/mol. The zero-order chi connectivity index (χ0) is 13.7. The van der Waals surface area contributed by atoms with Gasteiger partial charge < -0.3 is 21.1 Å². The van der Waals surface area contributed by atoms with E-state index < -0.39 is 0 Å². The van der Waals surface area contributed by atoms with Gasteiger partial charge in [0.15, 0.2) is 0 Å². The van der Waals surface area contributed by atoms with E-state index in [9.17, 15) is 4.79 Å². The van der Waals surface area contributed by atoms with E-state index >= 15 is 0 Å². The summed E-state index contributed by atoms with van der Waals surface area (Å²) in [5.41, 5.74) is 7.33. The highest BCUT2D eigenvalue weighted by Gasteiger charge is 2.17. The molecule has 1 aliphatic heterocycles. The number of nitrogens with one attached hydrogen (secondary N) is 2. The zero-order valence-electron chi connectivity index (χ0n) is 10.5. The number of thiocarbonyl (C=S) groups is 1. The lowest BCUT2D eigenvalue weighted by atomic mass is 10.1. The lowest BCUT2D eigenvalue weighted by molar-refractivity contribution is 0.188. The van der Waals surface area contributed by atoms with Crippen LogP contribution < -0.4 is 16.4 Å². The Bertz CT molecular complexity index is 473. The van der Waals surface area contributed by atoms with Gasteiger partial charge in [0, 0.05) is 18.7 Å². The number of carbonyl (C=O) groups excluding carboxylic acids is 1. The van der Waals surface area contributed by atoms with E-state index in [-0.39, 0.29) is 12.1 Å². The van der Waals surface area contributed by atoms with Crippen molar-refractivity contribution in [1.82, 2.24) is 10.6 Å². The van der Waals surface area contributed by atoms with Gasteiger partial charge in [-0.2, -0.15) is 0 Å². The molecule has 1 saturated heterocycles. The van der Waals surface area contributed by atoms with Crippen LogP contribution in [0.4, 0.5) is 4.79 Å². The summed E-state index contributed by atoms with van der Waals surface area (Å²) in [6, 6.07) is 7.44. The van der Waals surface area contributed by atoms with Crippen molar-refractivity contribution >= 4 is 23.2 Å². The van der Waals surface area contributed by atoms with Crippen LogP contribution in [0.15, 0.2) is 24.3 Å². The second kappa shape index (κ2) is 6.49. The third-order valence-electron chi connectivity index (χ3n) is 2.93. The molecule has 6 heteroatoms. The van der Waals surface area contributed by atoms with Crippen LogP contribution in [-0.2, 0) is 11.3 Å². The van der Waals surface area contributed by atoms with Gasteiger partial charge in [-0.1, -0.05) is 30.4 Å². The maximum Gasteiger partial charge on any atom is 0.315 e. The third kappa shape index (κ3) is 4.18. The summed E-state index contributed by atoms with van der Waals surface area (Å²) < 4.78 is 5.19. The molecular formula is C13H17N3O2S. The van der Waals surface area contributed by atoms with Crippen molar-refractivity contribution in [2.24, 2.45) is 5.73 Å². The van der Waals surface area contributed by atoms with E-state index in [0.29, 0.717) is 24.7 Å². The molecule has 1 aliphatic rings. The van der Waals surface area contributed by atoms with Gasteiger partial charge >= 0.3 is 6.03 Å². The van der Waals surface area contributed by atoms with Crippen molar-refractivity contribution in [3.05, 3.63) is 35.4 Å². The lowest BCUT2D eigenvalue weighted by Crippen LogP contribution is -2.42. The summed E-state index contributed by atoms with van der Waals surface area (Å²) in [7, 11) is 0. The molecular weight excluding hydrogens is 262 g/mol. The highest BCUT2D eigenvalue weighted by molar-refractivity contribution is 7.80. The molecule has 1 heterocycles. The van der Waals surface area contributed by atoms with E-state index in [1.807, 2.05) is 24.3 Å². The monoisotopic (exact) mass is 279 g/mol. The van der Waals surface area contributed by atoms with Crippen LogP contribution in [-0.4, -0.2) is 30.3 Å². The molecule has 19 heavy (non-hydrogen) atoms. The number of nitrogens with two attached hydrogens (primary N) is 1. The summed E-state index contributed by atoms with van der Waals surface area (Å²) in [4.78, 5) is 12.0. The van der Waals surface area contributed by atoms with E-state index in [0.717, 1.165) is 17.5 Å². The molecule has 1 atom stereocenters. The first-order valence-corrected chi connectivity index (χ1v) is 6.57. The average molecular weight is 279 g/mol. The SMILES string of the molecule is NC(=S)c1cccc(CNC(=O)NC2CCOC2)c1. The fraction of sp³-hybridized carbons (Fsp3) is 0.385. The molecule has 1 fully saturated rings. The Kier molecular flexibility index (Phi) is 4.70. The van der Waals surface area contributed by atoms with Crippen molar-refractivity contribution < 1.29 is 9.53 Å². The van der Waals surface area contributed by atoms with Gasteiger partial charge in [0.25, 0.3) is 0 Å². The first kappa shape index (κ1) is 13.8. The van der Waals surface area contributed by atoms with E-state index in [4.69, 9.17) is 22.7 Å². The van der Waals surface area contributed by atoms with Crippen molar-refractivity contribution in [3.8, 4) is 0 Å². The minimum Gasteiger partial charge on any atom is -0.389 e. The van der Waals surface area contributed by atoms with Crippen LogP contribution in [0, 0.1) is 0 Å². The quantitative estimate of drug-likeness (QED) is 0.716. The topological polar surface area (TPSA) is 76.4 Å². The lowest BCUT2D eigenvalue weighted by Gasteiger charge is -2.12. The van der Waals surface area contributed by atoms with Crippen molar-refractivity contribution in [3.63, 3.8) is 0 Å². The van der Waals surface area contributed by atoms with Crippen LogP contribution >= 0.6 is 12.2 Å². The van der Waals surface area contributed by atoms with Crippen LogP contribution in [0.1, 0.15) is 17.5 Å². The standard InChI is InChI=1S/C13H17N3O2S/c14-12(19)10-3-1-2-9(6-10)7-15-13(17)16-11-4-5-18-8-11/h1-3,6,11H,4-5,7-8H2,(H2,14,19)(H2,15,16,17). The second-order valence-corrected chi connectivity index (χ2v) is 4.89. The highest BCUT2D eigenvalue weighted by atomic mass is 32.1. The predicted octanol–water partition coefficient (Wildman–Crippen LogP) is 0.909. The normalized spacial score (nSPS) is 18.0. The number of hydrogen-bond acceptors (Lipinski definition) is 3.